The third kappa shape index (κ3) is 3.97. The number of fused-ring (bicyclic) bond motifs is 4. The van der Waals surface area contributed by atoms with Crippen molar-refractivity contribution in [3.05, 3.63) is 76.2 Å². The number of hydrogen-bond donors (Lipinski definition) is 1. The predicted octanol–water partition coefficient (Wildman–Crippen LogP) is 5.75. The largest absolute Gasteiger partial charge is 0.497 e. The Kier molecular flexibility index (Phi) is 6.38. The van der Waals surface area contributed by atoms with Crippen LogP contribution >= 0.6 is 11.3 Å². The van der Waals surface area contributed by atoms with Crippen molar-refractivity contribution in [2.75, 3.05) is 40.5 Å². The Hall–Kier alpha value is -2.64. The molecule has 0 amide bonds. The van der Waals surface area contributed by atoms with Gasteiger partial charge in [0.2, 0.25) is 0 Å². The van der Waals surface area contributed by atoms with Gasteiger partial charge in [-0.25, -0.2) is 0 Å². The van der Waals surface area contributed by atoms with Crippen molar-refractivity contribution in [2.45, 2.75) is 37.4 Å². The molecule has 1 saturated heterocycles. The van der Waals surface area contributed by atoms with E-state index in [4.69, 9.17) is 14.2 Å². The smallest absolute Gasteiger partial charge is 0.139 e. The third-order valence-electron chi connectivity index (χ3n) is 7.85. The number of ether oxygens (including phenoxy) is 3. The molecular formula is C30H33NO4S. The number of aliphatic hydroxyl groups is 1. The van der Waals surface area contributed by atoms with Gasteiger partial charge in [0.05, 0.1) is 13.2 Å². The van der Waals surface area contributed by atoms with Crippen LogP contribution in [0.5, 0.6) is 11.5 Å². The topological polar surface area (TPSA) is 51.2 Å². The van der Waals surface area contributed by atoms with Gasteiger partial charge in [-0.2, -0.15) is 0 Å². The van der Waals surface area contributed by atoms with E-state index in [1.165, 1.54) is 32.4 Å². The summed E-state index contributed by atoms with van der Waals surface area (Å²) in [7, 11) is 3.41. The van der Waals surface area contributed by atoms with E-state index in [0.717, 1.165) is 55.3 Å². The monoisotopic (exact) mass is 503 g/mol. The Balaban J connectivity index is 1.33. The fraction of sp³-hybridized carbons (Fsp3) is 0.400. The lowest BCUT2D eigenvalue weighted by Crippen LogP contribution is -2.33. The molecule has 0 radical (unpaired) electrons. The minimum absolute atomic E-state index is 0.0481. The van der Waals surface area contributed by atoms with Crippen LogP contribution in [-0.2, 0) is 10.3 Å². The Morgan fingerprint density at radius 1 is 1.03 bits per heavy atom. The first-order valence-corrected chi connectivity index (χ1v) is 13.7. The second-order valence-electron chi connectivity index (χ2n) is 9.88. The van der Waals surface area contributed by atoms with E-state index >= 15 is 0 Å². The maximum Gasteiger partial charge on any atom is 0.139 e. The standard InChI is InChI=1S/C30H33NO4S/c1-33-22-10-12-24-26(18-22)30(32,28-25-13-11-23(34-2)19-27(25)36-29(24)28)20-6-8-21(9-7-20)35-17-16-31-14-4-3-5-15-31/h6-13,19,22,32H,3-5,14-18H2,1-2H3. The number of thiophene rings is 1. The Morgan fingerprint density at radius 3 is 2.56 bits per heavy atom. The zero-order valence-corrected chi connectivity index (χ0v) is 21.8. The molecule has 1 aromatic heterocycles. The van der Waals surface area contributed by atoms with Crippen molar-refractivity contribution in [2.24, 2.45) is 0 Å². The molecule has 6 rings (SSSR count). The summed E-state index contributed by atoms with van der Waals surface area (Å²) in [6.07, 6.45) is 8.74. The molecule has 6 heteroatoms. The molecule has 36 heavy (non-hydrogen) atoms. The normalized spacial score (nSPS) is 23.7. The molecule has 2 unspecified atom stereocenters. The highest BCUT2D eigenvalue weighted by Crippen LogP contribution is 2.57. The number of piperidine rings is 1. The molecule has 0 bridgehead atoms. The van der Waals surface area contributed by atoms with Crippen LogP contribution in [0.1, 0.15) is 41.7 Å². The van der Waals surface area contributed by atoms with Gasteiger partial charge in [-0.3, -0.25) is 4.90 Å². The van der Waals surface area contributed by atoms with Gasteiger partial charge in [-0.15, -0.1) is 11.3 Å². The second kappa shape index (κ2) is 9.67. The zero-order valence-electron chi connectivity index (χ0n) is 21.0. The van der Waals surface area contributed by atoms with Crippen molar-refractivity contribution < 1.29 is 19.3 Å². The van der Waals surface area contributed by atoms with E-state index in [1.54, 1.807) is 25.6 Å². The van der Waals surface area contributed by atoms with Crippen LogP contribution in [0.25, 0.3) is 15.7 Å². The molecule has 0 saturated carbocycles. The van der Waals surface area contributed by atoms with Gasteiger partial charge in [0.1, 0.15) is 23.7 Å². The third-order valence-corrected chi connectivity index (χ3v) is 9.03. The predicted molar refractivity (Wildman–Crippen MR) is 145 cm³/mol. The molecule has 2 heterocycles. The summed E-state index contributed by atoms with van der Waals surface area (Å²) < 4.78 is 18.3. The Bertz CT molecular complexity index is 1320. The van der Waals surface area contributed by atoms with Crippen molar-refractivity contribution >= 4 is 27.0 Å². The molecule has 2 aromatic carbocycles. The molecule has 2 atom stereocenters. The quantitative estimate of drug-likeness (QED) is 0.445. The summed E-state index contributed by atoms with van der Waals surface area (Å²) >= 11 is 1.72. The lowest BCUT2D eigenvalue weighted by Gasteiger charge is -2.31. The van der Waals surface area contributed by atoms with E-state index in [0.29, 0.717) is 13.0 Å². The van der Waals surface area contributed by atoms with Crippen LogP contribution in [0, 0.1) is 0 Å². The van der Waals surface area contributed by atoms with Crippen molar-refractivity contribution in [3.63, 3.8) is 0 Å². The molecule has 3 aliphatic rings. The SMILES string of the molecule is COc1ccc2c3c(sc2c1)C1=C(CC(OC)C=C1)C3(O)c1ccc(OCCN2CCCCC2)cc1. The van der Waals surface area contributed by atoms with Crippen molar-refractivity contribution in [3.8, 4) is 11.5 Å². The average Bonchev–Trinajstić information content (AvgIpc) is 3.42. The van der Waals surface area contributed by atoms with E-state index in [-0.39, 0.29) is 6.10 Å². The van der Waals surface area contributed by atoms with Gasteiger partial charge in [0, 0.05) is 40.6 Å². The van der Waals surface area contributed by atoms with Gasteiger partial charge >= 0.3 is 0 Å². The highest BCUT2D eigenvalue weighted by Gasteiger charge is 2.48. The van der Waals surface area contributed by atoms with Gasteiger partial charge in [0.25, 0.3) is 0 Å². The molecule has 1 aliphatic heterocycles. The number of hydrogen-bond acceptors (Lipinski definition) is 6. The van der Waals surface area contributed by atoms with E-state index in [9.17, 15) is 5.11 Å². The maximum atomic E-state index is 12.6. The summed E-state index contributed by atoms with van der Waals surface area (Å²) in [5.74, 6) is 1.66. The molecule has 2 aliphatic carbocycles. The first-order chi connectivity index (χ1) is 17.6. The summed E-state index contributed by atoms with van der Waals surface area (Å²) in [4.78, 5) is 3.61. The molecule has 1 N–H and O–H groups in total. The molecule has 5 nitrogen and oxygen atoms in total. The van der Waals surface area contributed by atoms with Crippen LogP contribution in [0.3, 0.4) is 0 Å². The number of benzene rings is 2. The molecule has 188 valence electrons. The van der Waals surface area contributed by atoms with Crippen LogP contribution in [0.4, 0.5) is 0 Å². The van der Waals surface area contributed by atoms with Crippen LogP contribution in [-0.4, -0.2) is 56.6 Å². The summed E-state index contributed by atoms with van der Waals surface area (Å²) in [5, 5.41) is 13.6. The van der Waals surface area contributed by atoms with Gasteiger partial charge in [-0.1, -0.05) is 30.7 Å². The van der Waals surface area contributed by atoms with Gasteiger partial charge in [0.15, 0.2) is 0 Å². The van der Waals surface area contributed by atoms with E-state index in [1.807, 2.05) is 30.3 Å². The van der Waals surface area contributed by atoms with Crippen LogP contribution < -0.4 is 9.47 Å². The highest BCUT2D eigenvalue weighted by molar-refractivity contribution is 7.20. The summed E-state index contributed by atoms with van der Waals surface area (Å²) in [6, 6.07) is 14.1. The van der Waals surface area contributed by atoms with Gasteiger partial charge < -0.3 is 19.3 Å². The maximum absolute atomic E-state index is 12.6. The number of rotatable bonds is 7. The first kappa shape index (κ1) is 23.7. The van der Waals surface area contributed by atoms with Gasteiger partial charge in [-0.05, 0) is 73.0 Å². The molecule has 3 aromatic rings. The lowest BCUT2D eigenvalue weighted by atomic mass is 9.79. The Morgan fingerprint density at radius 2 is 1.81 bits per heavy atom. The number of nitrogens with zero attached hydrogens (tertiary/aromatic N) is 1. The zero-order chi connectivity index (χ0) is 24.7. The number of likely N-dealkylation sites (tertiary alicyclic amines) is 1. The van der Waals surface area contributed by atoms with Crippen LogP contribution in [0.15, 0.2) is 60.2 Å². The fourth-order valence-electron chi connectivity index (χ4n) is 5.89. The van der Waals surface area contributed by atoms with Crippen molar-refractivity contribution in [1.29, 1.82) is 0 Å². The highest BCUT2D eigenvalue weighted by atomic mass is 32.1. The summed E-state index contributed by atoms with van der Waals surface area (Å²) in [6.45, 7) is 3.99. The average molecular weight is 504 g/mol. The molecule has 0 spiro atoms. The molecule has 1 fully saturated rings. The second-order valence-corrected chi connectivity index (χ2v) is 10.9. The summed E-state index contributed by atoms with van der Waals surface area (Å²) in [5.41, 5.74) is 2.73. The fourth-order valence-corrected chi connectivity index (χ4v) is 7.23. The first-order valence-electron chi connectivity index (χ1n) is 12.9. The minimum Gasteiger partial charge on any atom is -0.497 e. The van der Waals surface area contributed by atoms with Crippen molar-refractivity contribution in [1.82, 2.24) is 4.90 Å². The number of methoxy groups -OCH3 is 2. The van der Waals surface area contributed by atoms with Crippen LogP contribution in [0.2, 0.25) is 0 Å². The lowest BCUT2D eigenvalue weighted by molar-refractivity contribution is 0.0971. The Labute approximate surface area is 216 Å². The molecular weight excluding hydrogens is 470 g/mol. The number of allylic oxidation sites excluding steroid dienone is 2. The minimum atomic E-state index is -1.22. The van der Waals surface area contributed by atoms with E-state index in [2.05, 4.69) is 29.2 Å². The van der Waals surface area contributed by atoms with E-state index < -0.39 is 5.60 Å².